The maximum absolute atomic E-state index is 9.66. The summed E-state index contributed by atoms with van der Waals surface area (Å²) in [7, 11) is 0. The molecule has 4 heteroatoms. The lowest BCUT2D eigenvalue weighted by Gasteiger charge is -2.32. The molecule has 0 radical (unpaired) electrons. The average Bonchev–Trinajstić information content (AvgIpc) is 2.28. The van der Waals surface area contributed by atoms with Crippen LogP contribution in [0.4, 0.5) is 5.69 Å². The van der Waals surface area contributed by atoms with E-state index in [1.54, 1.807) is 0 Å². The molecule has 2 rings (SSSR count). The van der Waals surface area contributed by atoms with Crippen molar-refractivity contribution in [1.29, 1.82) is 0 Å². The third-order valence-corrected chi connectivity index (χ3v) is 3.40. The molecule has 16 heavy (non-hydrogen) atoms. The summed E-state index contributed by atoms with van der Waals surface area (Å²) in [6.07, 6.45) is 1.76. The summed E-state index contributed by atoms with van der Waals surface area (Å²) in [6.45, 7) is 2.28. The van der Waals surface area contributed by atoms with Crippen LogP contribution in [-0.2, 0) is 6.54 Å². The van der Waals surface area contributed by atoms with Gasteiger partial charge in [0.25, 0.3) is 0 Å². The van der Waals surface area contributed by atoms with Gasteiger partial charge >= 0.3 is 0 Å². The molecule has 1 aliphatic heterocycles. The Balaban J connectivity index is 2.21. The van der Waals surface area contributed by atoms with Gasteiger partial charge < -0.3 is 15.7 Å². The molecule has 0 spiro atoms. The molecular weight excluding hydrogens is 268 g/mol. The monoisotopic (exact) mass is 284 g/mol. The Morgan fingerprint density at radius 3 is 2.94 bits per heavy atom. The average molecular weight is 285 g/mol. The van der Waals surface area contributed by atoms with E-state index in [0.717, 1.165) is 41.7 Å². The molecular formula is C12H17BrN2O. The lowest BCUT2D eigenvalue weighted by molar-refractivity contribution is 0.154. The van der Waals surface area contributed by atoms with Gasteiger partial charge in [-0.1, -0.05) is 15.9 Å². The molecule has 1 aromatic carbocycles. The minimum Gasteiger partial charge on any atom is -0.391 e. The summed E-state index contributed by atoms with van der Waals surface area (Å²) >= 11 is 3.49. The number of hydrogen-bond donors (Lipinski definition) is 2. The highest BCUT2D eigenvalue weighted by Gasteiger charge is 2.18. The van der Waals surface area contributed by atoms with Crippen molar-refractivity contribution in [3.63, 3.8) is 0 Å². The third kappa shape index (κ3) is 2.75. The van der Waals surface area contributed by atoms with Crippen molar-refractivity contribution in [2.24, 2.45) is 5.73 Å². The van der Waals surface area contributed by atoms with Gasteiger partial charge in [0.05, 0.1) is 6.10 Å². The molecule has 1 aliphatic rings. The summed E-state index contributed by atoms with van der Waals surface area (Å²) in [5.74, 6) is 0. The van der Waals surface area contributed by atoms with Crippen LogP contribution in [0.2, 0.25) is 0 Å². The largest absolute Gasteiger partial charge is 0.391 e. The second-order valence-corrected chi connectivity index (χ2v) is 5.18. The highest BCUT2D eigenvalue weighted by Crippen LogP contribution is 2.25. The predicted molar refractivity (Wildman–Crippen MR) is 69.5 cm³/mol. The standard InChI is InChI=1S/C12H17BrN2O/c13-10-4-9(7-14)5-11(6-10)15-3-1-2-12(16)8-15/h4-6,12,16H,1-3,7-8,14H2. The number of hydrogen-bond acceptors (Lipinski definition) is 3. The van der Waals surface area contributed by atoms with E-state index < -0.39 is 0 Å². The number of nitrogens with two attached hydrogens (primary N) is 1. The fraction of sp³-hybridized carbons (Fsp3) is 0.500. The molecule has 1 atom stereocenters. The molecule has 1 heterocycles. The van der Waals surface area contributed by atoms with E-state index in [-0.39, 0.29) is 6.10 Å². The Bertz CT molecular complexity index is 370. The van der Waals surface area contributed by atoms with Crippen LogP contribution in [0.15, 0.2) is 22.7 Å². The van der Waals surface area contributed by atoms with Gasteiger partial charge in [0.1, 0.15) is 0 Å². The van der Waals surface area contributed by atoms with Gasteiger partial charge in [-0.25, -0.2) is 0 Å². The number of anilines is 1. The van der Waals surface area contributed by atoms with Crippen LogP contribution < -0.4 is 10.6 Å². The van der Waals surface area contributed by atoms with E-state index in [1.165, 1.54) is 0 Å². The van der Waals surface area contributed by atoms with E-state index >= 15 is 0 Å². The quantitative estimate of drug-likeness (QED) is 0.872. The fourth-order valence-electron chi connectivity index (χ4n) is 2.12. The van der Waals surface area contributed by atoms with Crippen LogP contribution in [0.1, 0.15) is 18.4 Å². The molecule has 0 amide bonds. The zero-order valence-electron chi connectivity index (χ0n) is 9.19. The number of rotatable bonds is 2. The fourth-order valence-corrected chi connectivity index (χ4v) is 2.65. The van der Waals surface area contributed by atoms with Gasteiger partial charge in [0.15, 0.2) is 0 Å². The minimum atomic E-state index is -0.200. The Hall–Kier alpha value is -0.580. The smallest absolute Gasteiger partial charge is 0.0715 e. The van der Waals surface area contributed by atoms with Crippen LogP contribution in [0.3, 0.4) is 0 Å². The summed E-state index contributed by atoms with van der Waals surface area (Å²) < 4.78 is 1.05. The van der Waals surface area contributed by atoms with Gasteiger partial charge in [0, 0.05) is 29.8 Å². The van der Waals surface area contributed by atoms with Crippen LogP contribution >= 0.6 is 15.9 Å². The molecule has 1 fully saturated rings. The van der Waals surface area contributed by atoms with Crippen molar-refractivity contribution >= 4 is 21.6 Å². The molecule has 0 bridgehead atoms. The SMILES string of the molecule is NCc1cc(Br)cc(N2CCCC(O)C2)c1. The van der Waals surface area contributed by atoms with Crippen molar-refractivity contribution < 1.29 is 5.11 Å². The molecule has 3 nitrogen and oxygen atoms in total. The maximum Gasteiger partial charge on any atom is 0.0715 e. The first-order valence-electron chi connectivity index (χ1n) is 5.61. The van der Waals surface area contributed by atoms with E-state index in [9.17, 15) is 5.11 Å². The van der Waals surface area contributed by atoms with E-state index in [0.29, 0.717) is 6.54 Å². The topological polar surface area (TPSA) is 49.5 Å². The lowest BCUT2D eigenvalue weighted by Crippen LogP contribution is -2.38. The number of β-amino-alcohol motifs (C(OH)–C–C–N with tert-alkyl or cyclic N) is 1. The van der Waals surface area contributed by atoms with Crippen molar-refractivity contribution in [2.45, 2.75) is 25.5 Å². The first-order valence-corrected chi connectivity index (χ1v) is 6.41. The molecule has 0 aromatic heterocycles. The Morgan fingerprint density at radius 1 is 1.44 bits per heavy atom. The van der Waals surface area contributed by atoms with Gasteiger partial charge in [-0.2, -0.15) is 0 Å². The summed E-state index contributed by atoms with van der Waals surface area (Å²) in [4.78, 5) is 2.22. The van der Waals surface area contributed by atoms with E-state index in [2.05, 4.69) is 33.0 Å². The molecule has 0 saturated carbocycles. The molecule has 0 aliphatic carbocycles. The van der Waals surface area contributed by atoms with Crippen LogP contribution in [0.25, 0.3) is 0 Å². The second kappa shape index (κ2) is 5.17. The van der Waals surface area contributed by atoms with Crippen molar-refractivity contribution in [2.75, 3.05) is 18.0 Å². The third-order valence-electron chi connectivity index (χ3n) is 2.94. The number of halogens is 1. The predicted octanol–water partition coefficient (Wildman–Crippen LogP) is 1.87. The maximum atomic E-state index is 9.66. The molecule has 3 N–H and O–H groups in total. The molecule has 88 valence electrons. The van der Waals surface area contributed by atoms with Gasteiger partial charge in [-0.3, -0.25) is 0 Å². The number of benzene rings is 1. The van der Waals surface area contributed by atoms with Gasteiger partial charge in [0.2, 0.25) is 0 Å². The van der Waals surface area contributed by atoms with Crippen LogP contribution in [0, 0.1) is 0 Å². The normalized spacial score (nSPS) is 21.2. The number of aliphatic hydroxyl groups is 1. The number of nitrogens with zero attached hydrogens (tertiary/aromatic N) is 1. The highest BCUT2D eigenvalue weighted by atomic mass is 79.9. The van der Waals surface area contributed by atoms with Gasteiger partial charge in [-0.05, 0) is 36.6 Å². The lowest BCUT2D eigenvalue weighted by atomic mass is 10.1. The minimum absolute atomic E-state index is 0.200. The molecule has 1 unspecified atom stereocenters. The van der Waals surface area contributed by atoms with Crippen LogP contribution in [-0.4, -0.2) is 24.3 Å². The zero-order chi connectivity index (χ0) is 11.5. The summed E-state index contributed by atoms with van der Waals surface area (Å²) in [5, 5.41) is 9.66. The Kier molecular flexibility index (Phi) is 3.84. The van der Waals surface area contributed by atoms with Crippen molar-refractivity contribution in [3.05, 3.63) is 28.2 Å². The highest BCUT2D eigenvalue weighted by molar-refractivity contribution is 9.10. The summed E-state index contributed by atoms with van der Waals surface area (Å²) in [5.41, 5.74) is 7.92. The Labute approximate surface area is 104 Å². The van der Waals surface area contributed by atoms with E-state index in [4.69, 9.17) is 5.73 Å². The second-order valence-electron chi connectivity index (χ2n) is 4.26. The molecule has 1 aromatic rings. The van der Waals surface area contributed by atoms with Crippen LogP contribution in [0.5, 0.6) is 0 Å². The van der Waals surface area contributed by atoms with Crippen molar-refractivity contribution in [1.82, 2.24) is 0 Å². The summed E-state index contributed by atoms with van der Waals surface area (Å²) in [6, 6.07) is 6.21. The number of aliphatic hydroxyl groups excluding tert-OH is 1. The number of piperidine rings is 1. The molecule has 1 saturated heterocycles. The first kappa shape index (κ1) is 11.9. The first-order chi connectivity index (χ1) is 7.69. The Morgan fingerprint density at radius 2 is 2.25 bits per heavy atom. The zero-order valence-corrected chi connectivity index (χ0v) is 10.8. The van der Waals surface area contributed by atoms with Crippen molar-refractivity contribution in [3.8, 4) is 0 Å². The van der Waals surface area contributed by atoms with Gasteiger partial charge in [-0.15, -0.1) is 0 Å². The van der Waals surface area contributed by atoms with E-state index in [1.807, 2.05) is 6.07 Å².